The fourth-order valence-electron chi connectivity index (χ4n) is 0.632. The molecule has 0 aromatic heterocycles. The first-order valence-corrected chi connectivity index (χ1v) is 7.63. The Kier molecular flexibility index (Phi) is 33.0. The van der Waals surface area contributed by atoms with Crippen LogP contribution >= 0.6 is 11.8 Å². The van der Waals surface area contributed by atoms with E-state index in [4.69, 9.17) is 4.74 Å². The SMILES string of the molecule is CCN(C)CC.CCOCC.CCSCC. The van der Waals surface area contributed by atoms with E-state index >= 15 is 0 Å². The maximum absolute atomic E-state index is 4.83. The van der Waals surface area contributed by atoms with Crippen LogP contribution in [0.15, 0.2) is 0 Å². The van der Waals surface area contributed by atoms with E-state index in [0.29, 0.717) is 0 Å². The fraction of sp³-hybridized carbons (Fsp3) is 1.00. The van der Waals surface area contributed by atoms with Crippen LogP contribution in [-0.4, -0.2) is 49.8 Å². The molecule has 0 aliphatic heterocycles. The zero-order chi connectivity index (χ0) is 13.2. The molecule has 0 amide bonds. The molecule has 0 N–H and O–H groups in total. The smallest absolute Gasteiger partial charge is 0.0437 e. The third-order valence-electron chi connectivity index (χ3n) is 1.90. The molecule has 16 heavy (non-hydrogen) atoms. The summed E-state index contributed by atoms with van der Waals surface area (Å²) in [4.78, 5) is 2.25. The van der Waals surface area contributed by atoms with E-state index < -0.39 is 0 Å². The van der Waals surface area contributed by atoms with E-state index in [2.05, 4.69) is 39.6 Å². The molecule has 3 heteroatoms. The van der Waals surface area contributed by atoms with E-state index in [1.54, 1.807) is 0 Å². The lowest BCUT2D eigenvalue weighted by atomic mass is 10.6. The van der Waals surface area contributed by atoms with E-state index in [1.165, 1.54) is 11.5 Å². The molecule has 102 valence electrons. The summed E-state index contributed by atoms with van der Waals surface area (Å²) in [5.74, 6) is 2.52. The minimum absolute atomic E-state index is 0.844. The first-order valence-electron chi connectivity index (χ1n) is 6.48. The summed E-state index contributed by atoms with van der Waals surface area (Å²) >= 11 is 1.96. The van der Waals surface area contributed by atoms with Crippen molar-refractivity contribution in [1.29, 1.82) is 0 Å². The molecule has 2 nitrogen and oxygen atoms in total. The Balaban J connectivity index is -0.000000160. The molecular formula is C13H33NOS. The number of thioether (sulfide) groups is 1. The molecule has 0 atom stereocenters. The minimum atomic E-state index is 0.844. The van der Waals surface area contributed by atoms with Crippen LogP contribution in [-0.2, 0) is 4.74 Å². The third kappa shape index (κ3) is 36.7. The lowest BCUT2D eigenvalue weighted by Gasteiger charge is -2.07. The molecule has 0 aromatic rings. The van der Waals surface area contributed by atoms with Gasteiger partial charge in [0.05, 0.1) is 0 Å². The van der Waals surface area contributed by atoms with Crippen LogP contribution in [0.4, 0.5) is 0 Å². The summed E-state index contributed by atoms with van der Waals surface area (Å²) in [5.41, 5.74) is 0. The van der Waals surface area contributed by atoms with Crippen molar-refractivity contribution in [2.75, 3.05) is 44.9 Å². The van der Waals surface area contributed by atoms with Crippen molar-refractivity contribution >= 4 is 11.8 Å². The Morgan fingerprint density at radius 2 is 1.19 bits per heavy atom. The number of ether oxygens (including phenoxy) is 1. The van der Waals surface area contributed by atoms with Crippen molar-refractivity contribution in [3.8, 4) is 0 Å². The second-order valence-corrected chi connectivity index (χ2v) is 4.61. The van der Waals surface area contributed by atoms with Gasteiger partial charge in [-0.3, -0.25) is 0 Å². The molecule has 0 aliphatic rings. The normalized spacial score (nSPS) is 9.00. The molecule has 0 fully saturated rings. The highest BCUT2D eigenvalue weighted by Crippen LogP contribution is 1.93. The van der Waals surface area contributed by atoms with Gasteiger partial charge in [-0.05, 0) is 45.5 Å². The lowest BCUT2D eigenvalue weighted by Crippen LogP contribution is -2.15. The largest absolute Gasteiger partial charge is 0.382 e. The van der Waals surface area contributed by atoms with Crippen LogP contribution in [0.5, 0.6) is 0 Å². The Morgan fingerprint density at radius 1 is 0.812 bits per heavy atom. The molecule has 0 saturated heterocycles. The van der Waals surface area contributed by atoms with Crippen LogP contribution in [0.1, 0.15) is 41.5 Å². The summed E-state index contributed by atoms with van der Waals surface area (Å²) in [6.45, 7) is 16.7. The number of hydrogen-bond acceptors (Lipinski definition) is 3. The summed E-state index contributed by atoms with van der Waals surface area (Å²) in [7, 11) is 2.11. The second-order valence-electron chi connectivity index (χ2n) is 3.05. The van der Waals surface area contributed by atoms with Gasteiger partial charge < -0.3 is 9.64 Å². The van der Waals surface area contributed by atoms with Gasteiger partial charge in [0.25, 0.3) is 0 Å². The summed E-state index contributed by atoms with van der Waals surface area (Å²) in [6, 6.07) is 0. The van der Waals surface area contributed by atoms with Crippen molar-refractivity contribution in [2.24, 2.45) is 0 Å². The minimum Gasteiger partial charge on any atom is -0.382 e. The third-order valence-corrected chi connectivity index (χ3v) is 2.71. The van der Waals surface area contributed by atoms with Gasteiger partial charge in [0.1, 0.15) is 0 Å². The van der Waals surface area contributed by atoms with Crippen LogP contribution in [0.3, 0.4) is 0 Å². The number of rotatable bonds is 6. The Hall–Kier alpha value is 0.270. The van der Waals surface area contributed by atoms with Crippen LogP contribution in [0.2, 0.25) is 0 Å². The predicted molar refractivity (Wildman–Crippen MR) is 79.7 cm³/mol. The zero-order valence-electron chi connectivity index (χ0n) is 12.5. The highest BCUT2D eigenvalue weighted by Gasteiger charge is 1.81. The van der Waals surface area contributed by atoms with E-state index in [1.807, 2.05) is 25.6 Å². The van der Waals surface area contributed by atoms with Gasteiger partial charge in [-0.15, -0.1) is 0 Å². The first kappa shape index (κ1) is 21.5. The molecule has 0 aliphatic carbocycles. The van der Waals surface area contributed by atoms with Gasteiger partial charge in [-0.2, -0.15) is 11.8 Å². The van der Waals surface area contributed by atoms with E-state index in [-0.39, 0.29) is 0 Å². The Bertz CT molecular complexity index is 78.0. The number of nitrogens with zero attached hydrogens (tertiary/aromatic N) is 1. The van der Waals surface area contributed by atoms with E-state index in [9.17, 15) is 0 Å². The van der Waals surface area contributed by atoms with Crippen molar-refractivity contribution in [1.82, 2.24) is 4.90 Å². The average molecular weight is 251 g/mol. The highest BCUT2D eigenvalue weighted by molar-refractivity contribution is 7.99. The average Bonchev–Trinajstić information content (AvgIpc) is 2.32. The monoisotopic (exact) mass is 251 g/mol. The summed E-state index contributed by atoms with van der Waals surface area (Å²) in [6.07, 6.45) is 0. The molecule has 0 rings (SSSR count). The maximum Gasteiger partial charge on any atom is 0.0437 e. The second kappa shape index (κ2) is 24.5. The lowest BCUT2D eigenvalue weighted by molar-refractivity contribution is 0.162. The van der Waals surface area contributed by atoms with Gasteiger partial charge in [-0.1, -0.05) is 27.7 Å². The van der Waals surface area contributed by atoms with Crippen LogP contribution in [0, 0.1) is 0 Å². The standard InChI is InChI=1S/C5H13N.C4H10O.C4H10S/c1-4-6(3)5-2;2*1-3-5-4-2/h4-5H2,1-3H3;2*3-4H2,1-2H3. The Labute approximate surface area is 108 Å². The van der Waals surface area contributed by atoms with Gasteiger partial charge in [0.15, 0.2) is 0 Å². The predicted octanol–water partition coefficient (Wildman–Crippen LogP) is 3.76. The van der Waals surface area contributed by atoms with Gasteiger partial charge in [0, 0.05) is 13.2 Å². The molecule has 0 aromatic carbocycles. The summed E-state index contributed by atoms with van der Waals surface area (Å²) < 4.78 is 4.83. The van der Waals surface area contributed by atoms with Gasteiger partial charge >= 0.3 is 0 Å². The van der Waals surface area contributed by atoms with Crippen LogP contribution in [0.25, 0.3) is 0 Å². The Morgan fingerprint density at radius 3 is 1.19 bits per heavy atom. The van der Waals surface area contributed by atoms with Gasteiger partial charge in [0.2, 0.25) is 0 Å². The molecular weight excluding hydrogens is 218 g/mol. The first-order chi connectivity index (χ1) is 7.64. The molecule has 0 radical (unpaired) electrons. The topological polar surface area (TPSA) is 12.5 Å². The van der Waals surface area contributed by atoms with Crippen molar-refractivity contribution in [2.45, 2.75) is 41.5 Å². The van der Waals surface area contributed by atoms with Crippen molar-refractivity contribution < 1.29 is 4.74 Å². The van der Waals surface area contributed by atoms with Crippen molar-refractivity contribution in [3.63, 3.8) is 0 Å². The van der Waals surface area contributed by atoms with Crippen molar-refractivity contribution in [3.05, 3.63) is 0 Å². The van der Waals surface area contributed by atoms with Gasteiger partial charge in [-0.25, -0.2) is 0 Å². The highest BCUT2D eigenvalue weighted by atomic mass is 32.2. The molecule has 0 bridgehead atoms. The maximum atomic E-state index is 4.83. The zero-order valence-corrected chi connectivity index (χ0v) is 13.3. The van der Waals surface area contributed by atoms with E-state index in [0.717, 1.165) is 26.3 Å². The molecule has 0 spiro atoms. The van der Waals surface area contributed by atoms with Crippen LogP contribution < -0.4 is 0 Å². The summed E-state index contributed by atoms with van der Waals surface area (Å²) in [5, 5.41) is 0. The molecule has 0 unspecified atom stereocenters. The molecule has 0 heterocycles. The quantitative estimate of drug-likeness (QED) is 0.713. The fourth-order valence-corrected chi connectivity index (χ4v) is 1.04. The number of hydrogen-bond donors (Lipinski definition) is 0. The molecule has 0 saturated carbocycles.